The zero-order valence-corrected chi connectivity index (χ0v) is 35.8. The van der Waals surface area contributed by atoms with Crippen LogP contribution in [-0.2, 0) is 5.41 Å². The molecule has 0 fully saturated rings. The van der Waals surface area contributed by atoms with Gasteiger partial charge >= 0.3 is 0 Å². The van der Waals surface area contributed by atoms with Gasteiger partial charge in [-0.05, 0) is 167 Å². The van der Waals surface area contributed by atoms with E-state index < -0.39 is 0 Å². The molecule has 13 rings (SSSR count). The fourth-order valence-electron chi connectivity index (χ4n) is 11.5. The van der Waals surface area contributed by atoms with E-state index in [1.54, 1.807) is 0 Å². The van der Waals surface area contributed by atoms with Gasteiger partial charge in [-0.3, -0.25) is 0 Å². The lowest BCUT2D eigenvalue weighted by Crippen LogP contribution is -2.25. The van der Waals surface area contributed by atoms with Gasteiger partial charge in [-0.2, -0.15) is 0 Å². The number of aryl methyl sites for hydroxylation is 2. The van der Waals surface area contributed by atoms with E-state index in [2.05, 4.69) is 243 Å². The molecule has 1 spiro atoms. The molecule has 0 atom stereocenters. The molecule has 2 aliphatic carbocycles. The minimum atomic E-state index is -0.383. The SMILES string of the molecule is Cc1cc(N(c2ccc(-c3ccccc3)cc2)c2ccc3c4ccccc4c4ccccc4c3c2)c(C)cc1-c1ccc2c(c1)C1(c3ccccc3-c3ccccc31)c1ccccc1-2. The second-order valence-corrected chi connectivity index (χ2v) is 17.7. The third-order valence-corrected chi connectivity index (χ3v) is 14.3. The van der Waals surface area contributed by atoms with E-state index in [4.69, 9.17) is 0 Å². The summed E-state index contributed by atoms with van der Waals surface area (Å²) >= 11 is 0. The molecule has 0 amide bonds. The lowest BCUT2D eigenvalue weighted by Gasteiger charge is -2.31. The van der Waals surface area contributed by atoms with Crippen LogP contribution in [0.3, 0.4) is 0 Å². The molecule has 0 unspecified atom stereocenters. The third kappa shape index (κ3) is 5.19. The van der Waals surface area contributed by atoms with Gasteiger partial charge in [0.2, 0.25) is 0 Å². The van der Waals surface area contributed by atoms with E-state index in [1.807, 2.05) is 0 Å². The van der Waals surface area contributed by atoms with Crippen molar-refractivity contribution in [2.24, 2.45) is 0 Å². The Bertz CT molecular complexity index is 3590. The Morgan fingerprint density at radius 1 is 0.281 bits per heavy atom. The van der Waals surface area contributed by atoms with Crippen LogP contribution >= 0.6 is 0 Å². The number of hydrogen-bond acceptors (Lipinski definition) is 1. The van der Waals surface area contributed by atoms with E-state index in [-0.39, 0.29) is 5.41 Å². The molecule has 0 saturated carbocycles. The Labute approximate surface area is 374 Å². The molecule has 11 aromatic rings. The van der Waals surface area contributed by atoms with E-state index in [0.29, 0.717) is 0 Å². The molecule has 11 aromatic carbocycles. The van der Waals surface area contributed by atoms with E-state index in [1.165, 1.54) is 116 Å². The van der Waals surface area contributed by atoms with Crippen molar-refractivity contribution in [3.63, 3.8) is 0 Å². The Morgan fingerprint density at radius 3 is 1.33 bits per heavy atom. The third-order valence-electron chi connectivity index (χ3n) is 14.3. The van der Waals surface area contributed by atoms with Crippen LogP contribution in [0.4, 0.5) is 17.1 Å². The predicted octanol–water partition coefficient (Wildman–Crippen LogP) is 16.9. The van der Waals surface area contributed by atoms with Crippen LogP contribution in [0, 0.1) is 13.8 Å². The maximum Gasteiger partial charge on any atom is 0.0725 e. The van der Waals surface area contributed by atoms with Gasteiger partial charge in [0.05, 0.1) is 5.41 Å². The van der Waals surface area contributed by atoms with Gasteiger partial charge < -0.3 is 4.90 Å². The summed E-state index contributed by atoms with van der Waals surface area (Å²) in [6.45, 7) is 4.56. The normalized spacial score (nSPS) is 13.0. The second kappa shape index (κ2) is 14.0. The molecule has 64 heavy (non-hydrogen) atoms. The van der Waals surface area contributed by atoms with E-state index >= 15 is 0 Å². The molecule has 0 heterocycles. The molecule has 0 radical (unpaired) electrons. The van der Waals surface area contributed by atoms with Crippen molar-refractivity contribution in [2.75, 3.05) is 4.90 Å². The fourth-order valence-corrected chi connectivity index (χ4v) is 11.5. The Balaban J connectivity index is 0.994. The molecule has 2 aliphatic rings. The smallest absolute Gasteiger partial charge is 0.0725 e. The summed E-state index contributed by atoms with van der Waals surface area (Å²) in [6.07, 6.45) is 0. The first kappa shape index (κ1) is 36.6. The highest BCUT2D eigenvalue weighted by Gasteiger charge is 2.51. The number of anilines is 3. The molecule has 0 N–H and O–H groups in total. The molecule has 0 aromatic heterocycles. The van der Waals surface area contributed by atoms with Crippen LogP contribution in [0.15, 0.2) is 224 Å². The average molecular weight is 814 g/mol. The van der Waals surface area contributed by atoms with Gasteiger partial charge in [-0.15, -0.1) is 0 Å². The van der Waals surface area contributed by atoms with Gasteiger partial charge in [-0.25, -0.2) is 0 Å². The topological polar surface area (TPSA) is 3.24 Å². The summed E-state index contributed by atoms with van der Waals surface area (Å²) < 4.78 is 0. The Kier molecular flexibility index (Phi) is 8.02. The van der Waals surface area contributed by atoms with E-state index in [0.717, 1.165) is 11.4 Å². The molecular weight excluding hydrogens is 771 g/mol. The number of fused-ring (bicyclic) bond motifs is 16. The van der Waals surface area contributed by atoms with Crippen molar-refractivity contribution in [3.05, 3.63) is 258 Å². The minimum Gasteiger partial charge on any atom is -0.310 e. The summed E-state index contributed by atoms with van der Waals surface area (Å²) in [7, 11) is 0. The van der Waals surface area contributed by atoms with Crippen LogP contribution in [0.5, 0.6) is 0 Å². The molecule has 300 valence electrons. The number of rotatable bonds is 5. The zero-order valence-electron chi connectivity index (χ0n) is 35.8. The van der Waals surface area contributed by atoms with Gasteiger partial charge in [0.25, 0.3) is 0 Å². The maximum absolute atomic E-state index is 2.51. The molecule has 0 aliphatic heterocycles. The van der Waals surface area contributed by atoms with E-state index in [9.17, 15) is 0 Å². The summed E-state index contributed by atoms with van der Waals surface area (Å²) in [4.78, 5) is 2.46. The molecule has 1 nitrogen and oxygen atoms in total. The average Bonchev–Trinajstić information content (AvgIpc) is 3.83. The Hall–Kier alpha value is -8.00. The van der Waals surface area contributed by atoms with Crippen molar-refractivity contribution >= 4 is 49.4 Å². The lowest BCUT2D eigenvalue weighted by molar-refractivity contribution is 0.794. The summed E-state index contributed by atoms with van der Waals surface area (Å²) in [5, 5.41) is 7.64. The highest BCUT2D eigenvalue weighted by atomic mass is 15.1. The van der Waals surface area contributed by atoms with Gasteiger partial charge in [0, 0.05) is 17.1 Å². The number of hydrogen-bond donors (Lipinski definition) is 0. The van der Waals surface area contributed by atoms with Gasteiger partial charge in [0.15, 0.2) is 0 Å². The van der Waals surface area contributed by atoms with Gasteiger partial charge in [0.1, 0.15) is 0 Å². The first-order chi connectivity index (χ1) is 31.6. The standard InChI is InChI=1S/C63H43N/c1-40-37-62(41(2)36-56(40)44-30-34-55-54-24-12-15-27-60(54)63(61(55)38-44)58-25-13-10-22-52(58)53-23-11-14-26-59(53)63)64(45-31-28-43(29-32-45)42-16-4-3-5-17-42)46-33-35-51-49-20-7-6-18-47(49)48-19-8-9-21-50(48)57(51)39-46/h3-39H,1-2H3. The molecule has 1 heteroatoms. The van der Waals surface area contributed by atoms with Crippen LogP contribution in [0.1, 0.15) is 33.4 Å². The summed E-state index contributed by atoms with van der Waals surface area (Å²) in [5.74, 6) is 0. The lowest BCUT2D eigenvalue weighted by atomic mass is 9.70. The van der Waals surface area contributed by atoms with Crippen LogP contribution in [0.25, 0.3) is 76.8 Å². The molecular formula is C63H43N. The minimum absolute atomic E-state index is 0.383. The molecule has 0 saturated heterocycles. The maximum atomic E-state index is 2.51. The largest absolute Gasteiger partial charge is 0.310 e. The molecule has 0 bridgehead atoms. The zero-order chi connectivity index (χ0) is 42.5. The monoisotopic (exact) mass is 813 g/mol. The van der Waals surface area contributed by atoms with Crippen molar-refractivity contribution in [3.8, 4) is 44.5 Å². The summed E-state index contributed by atoms with van der Waals surface area (Å²) in [5.41, 5.74) is 21.2. The number of benzene rings is 11. The van der Waals surface area contributed by atoms with Crippen molar-refractivity contribution in [1.29, 1.82) is 0 Å². The predicted molar refractivity (Wildman–Crippen MR) is 270 cm³/mol. The fraction of sp³-hybridized carbons (Fsp3) is 0.0476. The first-order valence-corrected chi connectivity index (χ1v) is 22.4. The Morgan fingerprint density at radius 2 is 0.734 bits per heavy atom. The highest BCUT2D eigenvalue weighted by Crippen LogP contribution is 2.63. The van der Waals surface area contributed by atoms with Crippen molar-refractivity contribution in [2.45, 2.75) is 19.3 Å². The quantitative estimate of drug-likeness (QED) is 0.157. The number of nitrogens with zero attached hydrogens (tertiary/aromatic N) is 1. The van der Waals surface area contributed by atoms with Crippen molar-refractivity contribution < 1.29 is 0 Å². The van der Waals surface area contributed by atoms with Crippen molar-refractivity contribution in [1.82, 2.24) is 0 Å². The van der Waals surface area contributed by atoms with Gasteiger partial charge in [-0.1, -0.05) is 182 Å². The van der Waals surface area contributed by atoms with Crippen LogP contribution in [-0.4, -0.2) is 0 Å². The van der Waals surface area contributed by atoms with Crippen LogP contribution in [0.2, 0.25) is 0 Å². The highest BCUT2D eigenvalue weighted by molar-refractivity contribution is 6.25. The first-order valence-electron chi connectivity index (χ1n) is 22.4. The van der Waals surface area contributed by atoms with Crippen LogP contribution < -0.4 is 4.90 Å². The second-order valence-electron chi connectivity index (χ2n) is 17.7. The summed E-state index contributed by atoms with van der Waals surface area (Å²) in [6, 6.07) is 83.8.